The van der Waals surface area contributed by atoms with Crippen LogP contribution >= 0.6 is 0 Å². The standard InChI is InChI=1S/C14H14F3N3O2/c15-14(16,17)10-5-1-4-9-11(10)19-13(22)20(12(9)21)8-3-2-6-18-7-8/h1,4-5,8,18H,2-3,6-7H2,(H,19,22). The van der Waals surface area contributed by atoms with Crippen molar-refractivity contribution in [1.82, 2.24) is 14.9 Å². The topological polar surface area (TPSA) is 66.9 Å². The van der Waals surface area contributed by atoms with E-state index in [1.54, 1.807) is 0 Å². The lowest BCUT2D eigenvalue weighted by molar-refractivity contribution is -0.136. The van der Waals surface area contributed by atoms with Crippen molar-refractivity contribution >= 4 is 10.9 Å². The summed E-state index contributed by atoms with van der Waals surface area (Å²) < 4.78 is 40.0. The number of nitrogens with one attached hydrogen (secondary N) is 2. The normalized spacial score (nSPS) is 19.5. The maximum absolute atomic E-state index is 13.0. The van der Waals surface area contributed by atoms with Crippen molar-refractivity contribution in [2.45, 2.75) is 25.1 Å². The molecule has 3 rings (SSSR count). The van der Waals surface area contributed by atoms with Crippen LogP contribution in [0.15, 0.2) is 27.8 Å². The van der Waals surface area contributed by atoms with E-state index in [1.165, 1.54) is 12.1 Å². The summed E-state index contributed by atoms with van der Waals surface area (Å²) in [6.45, 7) is 1.25. The minimum atomic E-state index is -4.63. The molecule has 2 heterocycles. The molecule has 2 aromatic rings. The Balaban J connectivity index is 2.27. The van der Waals surface area contributed by atoms with Gasteiger partial charge in [-0.2, -0.15) is 13.2 Å². The SMILES string of the molecule is O=c1[nH]c2c(C(F)(F)F)cccc2c(=O)n1C1CCCNC1. The van der Waals surface area contributed by atoms with Crippen LogP contribution in [0.3, 0.4) is 0 Å². The van der Waals surface area contributed by atoms with Crippen LogP contribution in [0.2, 0.25) is 0 Å². The van der Waals surface area contributed by atoms with Crippen molar-refractivity contribution < 1.29 is 13.2 Å². The van der Waals surface area contributed by atoms with Crippen molar-refractivity contribution in [3.8, 4) is 0 Å². The number of H-pyrrole nitrogens is 1. The third kappa shape index (κ3) is 2.43. The van der Waals surface area contributed by atoms with E-state index in [4.69, 9.17) is 0 Å². The summed E-state index contributed by atoms with van der Waals surface area (Å²) in [4.78, 5) is 26.9. The second-order valence-corrected chi connectivity index (χ2v) is 5.33. The van der Waals surface area contributed by atoms with Crippen LogP contribution in [0.5, 0.6) is 0 Å². The van der Waals surface area contributed by atoms with E-state index in [9.17, 15) is 22.8 Å². The van der Waals surface area contributed by atoms with Crippen molar-refractivity contribution in [1.29, 1.82) is 0 Å². The molecule has 8 heteroatoms. The molecule has 1 aromatic carbocycles. The number of rotatable bonds is 1. The van der Waals surface area contributed by atoms with E-state index < -0.39 is 28.5 Å². The minimum absolute atomic E-state index is 0.125. The molecule has 0 radical (unpaired) electrons. The fraction of sp³-hybridized carbons (Fsp3) is 0.429. The summed E-state index contributed by atoms with van der Waals surface area (Å²) in [7, 11) is 0. The first kappa shape index (κ1) is 14.8. The first-order valence-electron chi connectivity index (χ1n) is 6.95. The van der Waals surface area contributed by atoms with Gasteiger partial charge in [-0.1, -0.05) is 6.07 Å². The van der Waals surface area contributed by atoms with Crippen LogP contribution in [0, 0.1) is 0 Å². The molecule has 1 saturated heterocycles. The molecule has 22 heavy (non-hydrogen) atoms. The van der Waals surface area contributed by atoms with Gasteiger partial charge in [0.05, 0.1) is 22.5 Å². The molecule has 0 aliphatic carbocycles. The molecule has 0 saturated carbocycles. The van der Waals surface area contributed by atoms with E-state index in [-0.39, 0.29) is 11.4 Å². The Bertz CT molecular complexity index is 817. The molecule has 2 N–H and O–H groups in total. The average molecular weight is 313 g/mol. The van der Waals surface area contributed by atoms with Gasteiger partial charge in [0, 0.05) is 6.54 Å². The molecule has 118 valence electrons. The highest BCUT2D eigenvalue weighted by molar-refractivity contribution is 5.81. The molecule has 1 unspecified atom stereocenters. The number of para-hydroxylation sites is 1. The molecule has 1 aliphatic heterocycles. The van der Waals surface area contributed by atoms with Crippen LogP contribution in [0.25, 0.3) is 10.9 Å². The van der Waals surface area contributed by atoms with E-state index in [2.05, 4.69) is 10.3 Å². The van der Waals surface area contributed by atoms with Crippen molar-refractivity contribution in [3.05, 3.63) is 44.6 Å². The summed E-state index contributed by atoms with van der Waals surface area (Å²) >= 11 is 0. The quantitative estimate of drug-likeness (QED) is 0.841. The summed E-state index contributed by atoms with van der Waals surface area (Å²) in [5.41, 5.74) is -2.94. The Morgan fingerprint density at radius 1 is 1.23 bits per heavy atom. The van der Waals surface area contributed by atoms with Gasteiger partial charge in [0.1, 0.15) is 0 Å². The molecule has 1 aromatic heterocycles. The second kappa shape index (κ2) is 5.28. The van der Waals surface area contributed by atoms with Crippen LogP contribution in [0.4, 0.5) is 13.2 Å². The predicted octanol–water partition coefficient (Wildman–Crippen LogP) is 1.63. The number of aromatic amines is 1. The number of halogens is 3. The highest BCUT2D eigenvalue weighted by atomic mass is 19.4. The molecule has 1 atom stereocenters. The zero-order valence-electron chi connectivity index (χ0n) is 11.5. The number of alkyl halides is 3. The van der Waals surface area contributed by atoms with Crippen molar-refractivity contribution in [2.24, 2.45) is 0 Å². The Kier molecular flexibility index (Phi) is 3.56. The summed E-state index contributed by atoms with van der Waals surface area (Å²) in [5, 5.41) is 2.95. The van der Waals surface area contributed by atoms with Crippen molar-refractivity contribution in [2.75, 3.05) is 13.1 Å². The molecule has 5 nitrogen and oxygen atoms in total. The van der Waals surface area contributed by atoms with Gasteiger partial charge in [0.25, 0.3) is 5.56 Å². The lowest BCUT2D eigenvalue weighted by Crippen LogP contribution is -2.44. The van der Waals surface area contributed by atoms with Crippen LogP contribution in [-0.4, -0.2) is 22.6 Å². The summed E-state index contributed by atoms with van der Waals surface area (Å²) in [6.07, 6.45) is -3.19. The third-order valence-electron chi connectivity index (χ3n) is 3.91. The Labute approximate surface area is 122 Å². The number of nitrogens with zero attached hydrogens (tertiary/aromatic N) is 1. The maximum atomic E-state index is 13.0. The number of hydrogen-bond acceptors (Lipinski definition) is 3. The minimum Gasteiger partial charge on any atom is -0.315 e. The highest BCUT2D eigenvalue weighted by Crippen LogP contribution is 2.32. The van der Waals surface area contributed by atoms with E-state index in [0.29, 0.717) is 13.0 Å². The average Bonchev–Trinajstić information content (AvgIpc) is 2.47. The van der Waals surface area contributed by atoms with E-state index in [0.717, 1.165) is 23.6 Å². The molecule has 0 spiro atoms. The number of hydrogen-bond donors (Lipinski definition) is 2. The molecule has 0 bridgehead atoms. The van der Waals surface area contributed by atoms with Gasteiger partial charge in [-0.15, -0.1) is 0 Å². The van der Waals surface area contributed by atoms with Crippen LogP contribution in [0.1, 0.15) is 24.4 Å². The zero-order valence-corrected chi connectivity index (χ0v) is 11.5. The number of fused-ring (bicyclic) bond motifs is 1. The van der Waals surface area contributed by atoms with Gasteiger partial charge in [-0.3, -0.25) is 9.36 Å². The fourth-order valence-corrected chi connectivity index (χ4v) is 2.88. The first-order chi connectivity index (χ1) is 10.4. The van der Waals surface area contributed by atoms with Gasteiger partial charge < -0.3 is 10.3 Å². The summed E-state index contributed by atoms with van der Waals surface area (Å²) in [5.74, 6) is 0. The predicted molar refractivity (Wildman–Crippen MR) is 75.0 cm³/mol. The van der Waals surface area contributed by atoms with Gasteiger partial charge in [0.15, 0.2) is 0 Å². The van der Waals surface area contributed by atoms with Crippen LogP contribution in [-0.2, 0) is 6.18 Å². The monoisotopic (exact) mass is 313 g/mol. The molecule has 1 fully saturated rings. The number of benzene rings is 1. The van der Waals surface area contributed by atoms with Crippen molar-refractivity contribution in [3.63, 3.8) is 0 Å². The highest BCUT2D eigenvalue weighted by Gasteiger charge is 2.33. The van der Waals surface area contributed by atoms with Gasteiger partial charge in [-0.25, -0.2) is 4.79 Å². The molecular formula is C14H14F3N3O2. The molecule has 0 amide bonds. The van der Waals surface area contributed by atoms with Gasteiger partial charge in [0.2, 0.25) is 0 Å². The van der Waals surface area contributed by atoms with Gasteiger partial charge >= 0.3 is 11.9 Å². The maximum Gasteiger partial charge on any atom is 0.418 e. The Morgan fingerprint density at radius 2 is 2.00 bits per heavy atom. The fourth-order valence-electron chi connectivity index (χ4n) is 2.88. The zero-order chi connectivity index (χ0) is 15.9. The smallest absolute Gasteiger partial charge is 0.315 e. The Hall–Kier alpha value is -2.09. The first-order valence-corrected chi connectivity index (χ1v) is 6.95. The molecular weight excluding hydrogens is 299 g/mol. The van der Waals surface area contributed by atoms with Crippen LogP contribution < -0.4 is 16.6 Å². The largest absolute Gasteiger partial charge is 0.418 e. The number of aromatic nitrogens is 2. The lowest BCUT2D eigenvalue weighted by Gasteiger charge is -2.24. The van der Waals surface area contributed by atoms with Gasteiger partial charge in [-0.05, 0) is 31.5 Å². The van der Waals surface area contributed by atoms with E-state index in [1.807, 2.05) is 0 Å². The third-order valence-corrected chi connectivity index (χ3v) is 3.91. The van der Waals surface area contributed by atoms with E-state index >= 15 is 0 Å². The molecule has 1 aliphatic rings. The second-order valence-electron chi connectivity index (χ2n) is 5.33. The summed E-state index contributed by atoms with van der Waals surface area (Å²) in [6, 6.07) is 2.98. The lowest BCUT2D eigenvalue weighted by atomic mass is 10.1. The number of piperidine rings is 1. The Morgan fingerprint density at radius 3 is 2.64 bits per heavy atom.